The van der Waals surface area contributed by atoms with Crippen LogP contribution in [0.25, 0.3) is 0 Å². The van der Waals surface area contributed by atoms with E-state index in [-0.39, 0.29) is 31.0 Å². The zero-order valence-corrected chi connectivity index (χ0v) is 11.5. The Morgan fingerprint density at radius 3 is 2.86 bits per heavy atom. The lowest BCUT2D eigenvalue weighted by Crippen LogP contribution is -2.42. The van der Waals surface area contributed by atoms with E-state index in [2.05, 4.69) is 10.1 Å². The lowest BCUT2D eigenvalue weighted by molar-refractivity contribution is -0.0498. The van der Waals surface area contributed by atoms with Crippen LogP contribution in [0.1, 0.15) is 18.4 Å². The van der Waals surface area contributed by atoms with E-state index in [0.717, 1.165) is 12.8 Å². The predicted octanol–water partition coefficient (Wildman–Crippen LogP) is 1.95. The number of aliphatic hydroxyl groups excluding tert-OH is 1. The van der Waals surface area contributed by atoms with Crippen LogP contribution in [0.4, 0.5) is 13.6 Å². The summed E-state index contributed by atoms with van der Waals surface area (Å²) in [5.41, 5.74) is 0.668. The van der Waals surface area contributed by atoms with Crippen molar-refractivity contribution in [2.45, 2.75) is 32.0 Å². The minimum absolute atomic E-state index is 0.0613. The first kappa shape index (κ1) is 15.5. The predicted molar refractivity (Wildman–Crippen MR) is 72.1 cm³/mol. The highest BCUT2D eigenvalue weighted by Gasteiger charge is 2.31. The van der Waals surface area contributed by atoms with Crippen molar-refractivity contribution in [1.82, 2.24) is 10.2 Å². The van der Waals surface area contributed by atoms with Crippen LogP contribution in [0, 0.1) is 0 Å². The molecule has 5 nitrogen and oxygen atoms in total. The third kappa shape index (κ3) is 4.86. The number of hydrogen-bond acceptors (Lipinski definition) is 3. The molecule has 1 aromatic rings. The van der Waals surface area contributed by atoms with Gasteiger partial charge in [0, 0.05) is 19.1 Å². The highest BCUT2D eigenvalue weighted by atomic mass is 19.3. The molecule has 0 unspecified atom stereocenters. The molecule has 2 N–H and O–H groups in total. The van der Waals surface area contributed by atoms with Crippen LogP contribution >= 0.6 is 0 Å². The number of halogens is 2. The van der Waals surface area contributed by atoms with Gasteiger partial charge in [-0.2, -0.15) is 8.78 Å². The fourth-order valence-electron chi connectivity index (χ4n) is 2.05. The number of rotatable bonds is 7. The van der Waals surface area contributed by atoms with Gasteiger partial charge in [-0.05, 0) is 30.5 Å². The van der Waals surface area contributed by atoms with Crippen molar-refractivity contribution < 1.29 is 23.4 Å². The Labute approximate surface area is 121 Å². The molecule has 116 valence electrons. The molecule has 0 spiro atoms. The average Bonchev–Trinajstić information content (AvgIpc) is 3.26. The number of aliphatic hydroxyl groups is 1. The first-order valence-electron chi connectivity index (χ1n) is 6.79. The second-order valence-corrected chi connectivity index (χ2v) is 4.83. The van der Waals surface area contributed by atoms with Crippen molar-refractivity contribution in [1.29, 1.82) is 0 Å². The van der Waals surface area contributed by atoms with Crippen LogP contribution < -0.4 is 10.1 Å². The van der Waals surface area contributed by atoms with Gasteiger partial charge in [-0.1, -0.05) is 12.1 Å². The van der Waals surface area contributed by atoms with Crippen LogP contribution in [-0.4, -0.2) is 41.8 Å². The van der Waals surface area contributed by atoms with E-state index < -0.39 is 6.61 Å². The van der Waals surface area contributed by atoms with Crippen molar-refractivity contribution >= 4 is 6.03 Å². The molecule has 0 atom stereocenters. The van der Waals surface area contributed by atoms with Gasteiger partial charge < -0.3 is 20.1 Å². The van der Waals surface area contributed by atoms with E-state index in [0.29, 0.717) is 12.1 Å². The third-order valence-corrected chi connectivity index (χ3v) is 3.16. The Bertz CT molecular complexity index is 481. The summed E-state index contributed by atoms with van der Waals surface area (Å²) in [6, 6.07) is 6.13. The molecule has 0 bridgehead atoms. The molecule has 0 saturated heterocycles. The van der Waals surface area contributed by atoms with Crippen LogP contribution in [0.5, 0.6) is 5.75 Å². The van der Waals surface area contributed by atoms with Gasteiger partial charge in [0.15, 0.2) is 0 Å². The zero-order valence-electron chi connectivity index (χ0n) is 11.5. The number of alkyl halides is 2. The Kier molecular flexibility index (Phi) is 5.32. The second-order valence-electron chi connectivity index (χ2n) is 4.83. The first-order valence-corrected chi connectivity index (χ1v) is 6.79. The van der Waals surface area contributed by atoms with Gasteiger partial charge in [0.25, 0.3) is 0 Å². The van der Waals surface area contributed by atoms with Crippen LogP contribution in [-0.2, 0) is 6.54 Å². The summed E-state index contributed by atoms with van der Waals surface area (Å²) >= 11 is 0. The number of amides is 2. The number of carbonyl (C=O) groups is 1. The van der Waals surface area contributed by atoms with Crippen molar-refractivity contribution in [2.24, 2.45) is 0 Å². The highest BCUT2D eigenvalue weighted by molar-refractivity contribution is 5.74. The molecule has 0 radical (unpaired) electrons. The summed E-state index contributed by atoms with van der Waals surface area (Å²) in [6.07, 6.45) is 1.90. The van der Waals surface area contributed by atoms with Crippen molar-refractivity contribution in [2.75, 3.05) is 13.2 Å². The SMILES string of the molecule is O=C(NCc1cccc(OC(F)F)c1)N(CCO)C1CC1. The Morgan fingerprint density at radius 1 is 1.48 bits per heavy atom. The molecular formula is C14H18F2N2O3. The smallest absolute Gasteiger partial charge is 0.387 e. The number of ether oxygens (including phenoxy) is 1. The maximum Gasteiger partial charge on any atom is 0.387 e. The van der Waals surface area contributed by atoms with Gasteiger partial charge in [0.05, 0.1) is 6.61 Å². The van der Waals surface area contributed by atoms with Gasteiger partial charge in [0.1, 0.15) is 5.75 Å². The van der Waals surface area contributed by atoms with Crippen molar-refractivity contribution in [3.05, 3.63) is 29.8 Å². The Balaban J connectivity index is 1.88. The molecule has 0 heterocycles. The fraction of sp³-hybridized carbons (Fsp3) is 0.500. The van der Waals surface area contributed by atoms with Gasteiger partial charge in [-0.3, -0.25) is 0 Å². The van der Waals surface area contributed by atoms with Gasteiger partial charge in [0.2, 0.25) is 0 Å². The van der Waals surface area contributed by atoms with Crippen molar-refractivity contribution in [3.8, 4) is 5.75 Å². The summed E-state index contributed by atoms with van der Waals surface area (Å²) in [4.78, 5) is 13.6. The average molecular weight is 300 g/mol. The lowest BCUT2D eigenvalue weighted by Gasteiger charge is -2.21. The molecule has 1 aromatic carbocycles. The maximum absolute atomic E-state index is 12.1. The molecule has 2 rings (SSSR count). The number of urea groups is 1. The topological polar surface area (TPSA) is 61.8 Å². The summed E-state index contributed by atoms with van der Waals surface area (Å²) in [6.45, 7) is -2.44. The minimum Gasteiger partial charge on any atom is -0.435 e. The minimum atomic E-state index is -2.87. The number of benzene rings is 1. The van der Waals surface area contributed by atoms with E-state index in [1.807, 2.05) is 0 Å². The monoisotopic (exact) mass is 300 g/mol. The molecule has 0 aromatic heterocycles. The van der Waals surface area contributed by atoms with E-state index >= 15 is 0 Å². The number of nitrogens with zero attached hydrogens (tertiary/aromatic N) is 1. The molecule has 1 aliphatic carbocycles. The zero-order chi connectivity index (χ0) is 15.2. The molecule has 1 aliphatic rings. The Morgan fingerprint density at radius 2 is 2.24 bits per heavy atom. The molecule has 7 heteroatoms. The number of nitrogens with one attached hydrogen (secondary N) is 1. The first-order chi connectivity index (χ1) is 10.1. The van der Waals surface area contributed by atoms with E-state index in [9.17, 15) is 13.6 Å². The van der Waals surface area contributed by atoms with E-state index in [1.165, 1.54) is 12.1 Å². The lowest BCUT2D eigenvalue weighted by atomic mass is 10.2. The molecule has 1 saturated carbocycles. The second kappa shape index (κ2) is 7.21. The van der Waals surface area contributed by atoms with Gasteiger partial charge in [-0.15, -0.1) is 0 Å². The quantitative estimate of drug-likeness (QED) is 0.809. The van der Waals surface area contributed by atoms with Gasteiger partial charge in [-0.25, -0.2) is 4.79 Å². The van der Waals surface area contributed by atoms with Crippen LogP contribution in [0.2, 0.25) is 0 Å². The molecule has 2 amide bonds. The summed E-state index contributed by atoms with van der Waals surface area (Å²) in [5.74, 6) is 0.0613. The molecule has 1 fully saturated rings. The summed E-state index contributed by atoms with van der Waals surface area (Å²) in [7, 11) is 0. The van der Waals surface area contributed by atoms with Crippen LogP contribution in [0.3, 0.4) is 0 Å². The molecule has 0 aliphatic heterocycles. The molecule has 21 heavy (non-hydrogen) atoms. The molecular weight excluding hydrogens is 282 g/mol. The van der Waals surface area contributed by atoms with E-state index in [1.54, 1.807) is 17.0 Å². The van der Waals surface area contributed by atoms with E-state index in [4.69, 9.17) is 5.11 Å². The highest BCUT2D eigenvalue weighted by Crippen LogP contribution is 2.26. The van der Waals surface area contributed by atoms with Crippen molar-refractivity contribution in [3.63, 3.8) is 0 Å². The normalized spacial score (nSPS) is 14.1. The number of hydrogen-bond donors (Lipinski definition) is 2. The largest absolute Gasteiger partial charge is 0.435 e. The van der Waals surface area contributed by atoms with Crippen LogP contribution in [0.15, 0.2) is 24.3 Å². The van der Waals surface area contributed by atoms with Gasteiger partial charge >= 0.3 is 12.6 Å². The fourth-order valence-corrected chi connectivity index (χ4v) is 2.05. The standard InChI is InChI=1S/C14H18F2N2O3/c15-13(16)21-12-3-1-2-10(8-12)9-17-14(20)18(6-7-19)11-4-5-11/h1-3,8,11,13,19H,4-7,9H2,(H,17,20). The number of carbonyl (C=O) groups excluding carboxylic acids is 1. The third-order valence-electron chi connectivity index (χ3n) is 3.16. The summed E-state index contributed by atoms with van der Waals surface area (Å²) in [5, 5.41) is 11.7. The summed E-state index contributed by atoms with van der Waals surface area (Å²) < 4.78 is 28.6. The Hall–Kier alpha value is -1.89. The maximum atomic E-state index is 12.1.